The molecule has 1 aromatic heterocycles. The highest BCUT2D eigenvalue weighted by atomic mass is 19.1. The van der Waals surface area contributed by atoms with Gasteiger partial charge < -0.3 is 9.80 Å². The molecule has 0 N–H and O–H groups in total. The smallest absolute Gasteiger partial charge is 0.135 e. The maximum atomic E-state index is 14.3. The predicted molar refractivity (Wildman–Crippen MR) is 91.3 cm³/mol. The molecule has 0 saturated carbocycles. The van der Waals surface area contributed by atoms with Gasteiger partial charge in [-0.2, -0.15) is 0 Å². The van der Waals surface area contributed by atoms with Gasteiger partial charge in [-0.05, 0) is 23.6 Å². The number of fused-ring (bicyclic) bond motifs is 1. The molecule has 1 aliphatic rings. The van der Waals surface area contributed by atoms with Crippen molar-refractivity contribution in [2.24, 2.45) is 0 Å². The van der Waals surface area contributed by atoms with E-state index in [1.54, 1.807) is 0 Å². The van der Waals surface area contributed by atoms with Crippen LogP contribution in [0.3, 0.4) is 0 Å². The summed E-state index contributed by atoms with van der Waals surface area (Å²) in [7, 11) is 1.97. The van der Waals surface area contributed by atoms with Gasteiger partial charge in [-0.3, -0.25) is 0 Å². The Hall–Kier alpha value is -2.95. The summed E-state index contributed by atoms with van der Waals surface area (Å²) < 4.78 is 27.6. The lowest BCUT2D eigenvalue weighted by Crippen LogP contribution is -2.22. The lowest BCUT2D eigenvalue weighted by Gasteiger charge is -2.19. The van der Waals surface area contributed by atoms with Crippen LogP contribution in [0.5, 0.6) is 0 Å². The first-order valence-corrected chi connectivity index (χ1v) is 7.62. The van der Waals surface area contributed by atoms with Crippen LogP contribution in [-0.4, -0.2) is 23.6 Å². The molecular formula is C19H15F2N3. The molecule has 0 saturated heterocycles. The van der Waals surface area contributed by atoms with Gasteiger partial charge in [0.15, 0.2) is 0 Å². The Morgan fingerprint density at radius 3 is 2.58 bits per heavy atom. The SMILES string of the molecule is CN1C=CN(c2cc3ccccc3c(-c3ccc(F)cc3F)n2)C1. The maximum absolute atomic E-state index is 14.3. The molecule has 4 rings (SSSR count). The van der Waals surface area contributed by atoms with Crippen LogP contribution in [0.4, 0.5) is 14.6 Å². The van der Waals surface area contributed by atoms with Crippen LogP contribution in [0.15, 0.2) is 60.9 Å². The van der Waals surface area contributed by atoms with Gasteiger partial charge in [-0.25, -0.2) is 13.8 Å². The van der Waals surface area contributed by atoms with Gasteiger partial charge in [-0.1, -0.05) is 24.3 Å². The van der Waals surface area contributed by atoms with Crippen molar-refractivity contribution in [1.82, 2.24) is 9.88 Å². The number of pyridine rings is 1. The van der Waals surface area contributed by atoms with E-state index in [0.29, 0.717) is 17.9 Å². The van der Waals surface area contributed by atoms with Gasteiger partial charge in [-0.15, -0.1) is 0 Å². The quantitative estimate of drug-likeness (QED) is 0.698. The van der Waals surface area contributed by atoms with Gasteiger partial charge in [0.1, 0.15) is 17.5 Å². The summed E-state index contributed by atoms with van der Waals surface area (Å²) in [6.45, 7) is 0.677. The molecule has 0 amide bonds. The highest BCUT2D eigenvalue weighted by Crippen LogP contribution is 2.32. The van der Waals surface area contributed by atoms with Crippen LogP contribution in [0.25, 0.3) is 22.0 Å². The minimum Gasteiger partial charge on any atom is -0.361 e. The van der Waals surface area contributed by atoms with Gasteiger partial charge in [0.05, 0.1) is 12.4 Å². The third-order valence-corrected chi connectivity index (χ3v) is 4.08. The highest BCUT2D eigenvalue weighted by Gasteiger charge is 2.17. The molecule has 3 aromatic rings. The average molecular weight is 323 g/mol. The molecule has 5 heteroatoms. The van der Waals surface area contributed by atoms with Crippen LogP contribution in [-0.2, 0) is 0 Å². The largest absolute Gasteiger partial charge is 0.361 e. The van der Waals surface area contributed by atoms with Crippen molar-refractivity contribution in [3.63, 3.8) is 0 Å². The second kappa shape index (κ2) is 5.60. The number of halogens is 2. The summed E-state index contributed by atoms with van der Waals surface area (Å²) in [5.74, 6) is -0.479. The first-order valence-electron chi connectivity index (χ1n) is 7.62. The van der Waals surface area contributed by atoms with Crippen molar-refractivity contribution in [2.75, 3.05) is 18.6 Å². The summed E-state index contributed by atoms with van der Waals surface area (Å²) in [5.41, 5.74) is 0.814. The highest BCUT2D eigenvalue weighted by molar-refractivity contribution is 5.96. The van der Waals surface area contributed by atoms with E-state index in [9.17, 15) is 8.78 Å². The van der Waals surface area contributed by atoms with Gasteiger partial charge in [0, 0.05) is 36.5 Å². The maximum Gasteiger partial charge on any atom is 0.135 e. The third-order valence-electron chi connectivity index (χ3n) is 4.08. The van der Waals surface area contributed by atoms with E-state index >= 15 is 0 Å². The fourth-order valence-electron chi connectivity index (χ4n) is 2.90. The fourth-order valence-corrected chi connectivity index (χ4v) is 2.90. The minimum absolute atomic E-state index is 0.297. The van der Waals surface area contributed by atoms with E-state index in [0.717, 1.165) is 22.7 Å². The number of benzene rings is 2. The summed E-state index contributed by atoms with van der Waals surface area (Å²) in [5, 5.41) is 1.80. The molecule has 0 bridgehead atoms. The van der Waals surface area contributed by atoms with Crippen molar-refractivity contribution >= 4 is 16.6 Å². The lowest BCUT2D eigenvalue weighted by atomic mass is 10.0. The van der Waals surface area contributed by atoms with E-state index in [1.807, 2.05) is 59.6 Å². The summed E-state index contributed by atoms with van der Waals surface area (Å²) >= 11 is 0. The number of hydrogen-bond donors (Lipinski definition) is 0. The zero-order chi connectivity index (χ0) is 16.7. The van der Waals surface area contributed by atoms with Crippen molar-refractivity contribution < 1.29 is 8.78 Å². The summed E-state index contributed by atoms with van der Waals surface area (Å²) in [6, 6.07) is 13.2. The Bertz CT molecular complexity index is 952. The van der Waals surface area contributed by atoms with E-state index in [4.69, 9.17) is 0 Å². The van der Waals surface area contributed by atoms with Crippen molar-refractivity contribution in [1.29, 1.82) is 0 Å². The zero-order valence-corrected chi connectivity index (χ0v) is 13.1. The monoisotopic (exact) mass is 323 g/mol. The Kier molecular flexibility index (Phi) is 3.41. The summed E-state index contributed by atoms with van der Waals surface area (Å²) in [4.78, 5) is 8.67. The molecule has 120 valence electrons. The van der Waals surface area contributed by atoms with Crippen LogP contribution < -0.4 is 4.90 Å². The van der Waals surface area contributed by atoms with E-state index in [1.165, 1.54) is 12.1 Å². The molecule has 0 unspecified atom stereocenters. The second-order valence-corrected chi connectivity index (χ2v) is 5.84. The van der Waals surface area contributed by atoms with Gasteiger partial charge in [0.25, 0.3) is 0 Å². The predicted octanol–water partition coefficient (Wildman–Crippen LogP) is 4.36. The molecule has 1 aliphatic heterocycles. The van der Waals surface area contributed by atoms with Gasteiger partial charge in [0.2, 0.25) is 0 Å². The second-order valence-electron chi connectivity index (χ2n) is 5.84. The first-order chi connectivity index (χ1) is 11.6. The Morgan fingerprint density at radius 2 is 1.83 bits per heavy atom. The van der Waals surface area contributed by atoms with Crippen molar-refractivity contribution in [3.05, 3.63) is 72.6 Å². The molecule has 3 nitrogen and oxygen atoms in total. The Morgan fingerprint density at radius 1 is 1.00 bits per heavy atom. The lowest BCUT2D eigenvalue weighted by molar-refractivity contribution is 0.494. The molecule has 2 aromatic carbocycles. The average Bonchev–Trinajstić information content (AvgIpc) is 3.01. The topological polar surface area (TPSA) is 19.4 Å². The van der Waals surface area contributed by atoms with Crippen LogP contribution in [0.2, 0.25) is 0 Å². The number of anilines is 1. The van der Waals surface area contributed by atoms with Crippen LogP contribution in [0.1, 0.15) is 0 Å². The molecule has 0 aliphatic carbocycles. The molecule has 0 fully saturated rings. The number of nitrogens with zero attached hydrogens (tertiary/aromatic N) is 3. The minimum atomic E-state index is -0.612. The molecule has 0 spiro atoms. The Balaban J connectivity index is 1.94. The normalized spacial score (nSPS) is 14.0. The molecule has 2 heterocycles. The molecular weight excluding hydrogens is 308 g/mol. The number of rotatable bonds is 2. The molecule has 0 radical (unpaired) electrons. The van der Waals surface area contributed by atoms with Crippen LogP contribution >= 0.6 is 0 Å². The van der Waals surface area contributed by atoms with E-state index < -0.39 is 11.6 Å². The first kappa shape index (κ1) is 14.6. The number of hydrogen-bond acceptors (Lipinski definition) is 3. The fraction of sp³-hybridized carbons (Fsp3) is 0.105. The number of aromatic nitrogens is 1. The van der Waals surface area contributed by atoms with E-state index in [2.05, 4.69) is 4.98 Å². The van der Waals surface area contributed by atoms with E-state index in [-0.39, 0.29) is 0 Å². The molecule has 24 heavy (non-hydrogen) atoms. The van der Waals surface area contributed by atoms with Crippen LogP contribution in [0, 0.1) is 11.6 Å². The van der Waals surface area contributed by atoms with Crippen molar-refractivity contribution in [3.8, 4) is 11.3 Å². The van der Waals surface area contributed by atoms with Gasteiger partial charge >= 0.3 is 0 Å². The standard InChI is InChI=1S/C19H15F2N3/c1-23-8-9-24(12-23)18-10-13-4-2-3-5-15(13)19(22-18)16-7-6-14(20)11-17(16)21/h2-11H,12H2,1H3. The van der Waals surface area contributed by atoms with Crippen molar-refractivity contribution in [2.45, 2.75) is 0 Å². The third kappa shape index (κ3) is 2.48. The molecule has 0 atom stereocenters. The Labute approximate surface area is 138 Å². The summed E-state index contributed by atoms with van der Waals surface area (Å²) in [6.07, 6.45) is 3.89. The zero-order valence-electron chi connectivity index (χ0n) is 13.1.